The fourth-order valence-electron chi connectivity index (χ4n) is 2.23. The van der Waals surface area contributed by atoms with E-state index in [0.717, 1.165) is 18.3 Å². The molecule has 1 aromatic rings. The number of nitrogens with zero attached hydrogens (tertiary/aromatic N) is 3. The molecule has 0 aliphatic carbocycles. The van der Waals surface area contributed by atoms with Gasteiger partial charge in [0.15, 0.2) is 0 Å². The number of nitrogens with one attached hydrogen (secondary N) is 1. The van der Waals surface area contributed by atoms with Gasteiger partial charge in [0, 0.05) is 19.4 Å². The summed E-state index contributed by atoms with van der Waals surface area (Å²) in [6.07, 6.45) is 6.51. The molecule has 1 saturated heterocycles. The van der Waals surface area contributed by atoms with Gasteiger partial charge in [0.25, 0.3) is 0 Å². The van der Waals surface area contributed by atoms with Crippen LogP contribution in [0, 0.1) is 5.92 Å². The van der Waals surface area contributed by atoms with Crippen LogP contribution in [0.4, 0.5) is 0 Å². The van der Waals surface area contributed by atoms with Gasteiger partial charge in [0.1, 0.15) is 5.82 Å². The Labute approximate surface area is 97.7 Å². The molecule has 1 aliphatic heterocycles. The van der Waals surface area contributed by atoms with Crippen molar-refractivity contribution in [3.05, 3.63) is 18.2 Å². The zero-order valence-electron chi connectivity index (χ0n) is 10.3. The molecule has 0 amide bonds. The Morgan fingerprint density at radius 1 is 1.62 bits per heavy atom. The molecule has 1 aliphatic rings. The van der Waals surface area contributed by atoms with Gasteiger partial charge in [0.2, 0.25) is 0 Å². The van der Waals surface area contributed by atoms with Crippen LogP contribution in [-0.4, -0.2) is 41.1 Å². The quantitative estimate of drug-likeness (QED) is 0.802. The Bertz CT molecular complexity index is 315. The van der Waals surface area contributed by atoms with E-state index >= 15 is 0 Å². The first-order valence-electron chi connectivity index (χ1n) is 6.11. The van der Waals surface area contributed by atoms with Crippen LogP contribution in [0.25, 0.3) is 0 Å². The molecule has 1 fully saturated rings. The van der Waals surface area contributed by atoms with Crippen LogP contribution in [0.15, 0.2) is 12.4 Å². The van der Waals surface area contributed by atoms with E-state index in [4.69, 9.17) is 0 Å². The van der Waals surface area contributed by atoms with Crippen LogP contribution >= 0.6 is 0 Å². The minimum absolute atomic E-state index is 0.879. The minimum atomic E-state index is 0.879. The van der Waals surface area contributed by atoms with Gasteiger partial charge >= 0.3 is 0 Å². The summed E-state index contributed by atoms with van der Waals surface area (Å²) in [4.78, 5) is 6.71. The molecule has 1 atom stereocenters. The van der Waals surface area contributed by atoms with Crippen molar-refractivity contribution in [2.75, 3.05) is 26.7 Å². The van der Waals surface area contributed by atoms with Gasteiger partial charge < -0.3 is 9.88 Å². The first-order chi connectivity index (χ1) is 7.75. The lowest BCUT2D eigenvalue weighted by Crippen LogP contribution is -2.23. The number of imidazole rings is 1. The van der Waals surface area contributed by atoms with Gasteiger partial charge in [-0.05, 0) is 45.4 Å². The fourth-order valence-corrected chi connectivity index (χ4v) is 2.23. The van der Waals surface area contributed by atoms with Crippen LogP contribution in [0.1, 0.15) is 18.7 Å². The van der Waals surface area contributed by atoms with Crippen molar-refractivity contribution in [1.82, 2.24) is 19.8 Å². The number of rotatable bonds is 5. The van der Waals surface area contributed by atoms with Gasteiger partial charge in [-0.25, -0.2) is 4.98 Å². The Kier molecular flexibility index (Phi) is 3.96. The molecule has 4 heteroatoms. The van der Waals surface area contributed by atoms with E-state index in [2.05, 4.69) is 33.9 Å². The Balaban J connectivity index is 1.71. The van der Waals surface area contributed by atoms with Crippen LogP contribution in [0.2, 0.25) is 0 Å². The highest BCUT2D eigenvalue weighted by Gasteiger charge is 2.15. The van der Waals surface area contributed by atoms with Crippen LogP contribution < -0.4 is 5.32 Å². The molecule has 1 unspecified atom stereocenters. The maximum Gasteiger partial charge on any atom is 0.122 e. The zero-order chi connectivity index (χ0) is 11.4. The monoisotopic (exact) mass is 222 g/mol. The average molecular weight is 222 g/mol. The lowest BCUT2D eigenvalue weighted by atomic mass is 10.1. The Hall–Kier alpha value is -0.870. The molecule has 0 spiro atoms. The van der Waals surface area contributed by atoms with Crippen LogP contribution in [0.5, 0.6) is 0 Å². The standard InChI is InChI=1S/C12H22N4/c1-15(7-4-11-3-5-13-9-11)10-12-14-6-8-16(12)2/h6,8,11,13H,3-5,7,9-10H2,1-2H3. The largest absolute Gasteiger partial charge is 0.337 e. The van der Waals surface area contributed by atoms with Crippen LogP contribution in [-0.2, 0) is 13.6 Å². The van der Waals surface area contributed by atoms with E-state index in [1.807, 2.05) is 12.4 Å². The molecule has 0 bridgehead atoms. The second-order valence-corrected chi connectivity index (χ2v) is 4.84. The summed E-state index contributed by atoms with van der Waals surface area (Å²) in [7, 11) is 4.23. The number of hydrogen-bond acceptors (Lipinski definition) is 3. The highest BCUT2D eigenvalue weighted by atomic mass is 15.1. The summed E-state index contributed by atoms with van der Waals surface area (Å²) >= 11 is 0. The maximum atomic E-state index is 4.34. The summed E-state index contributed by atoms with van der Waals surface area (Å²) in [5, 5.41) is 3.42. The SMILES string of the molecule is CN(CCC1CCNC1)Cc1nccn1C. The van der Waals surface area contributed by atoms with Crippen molar-refractivity contribution in [2.45, 2.75) is 19.4 Å². The average Bonchev–Trinajstić information content (AvgIpc) is 2.88. The van der Waals surface area contributed by atoms with E-state index in [1.54, 1.807) is 0 Å². The molecule has 16 heavy (non-hydrogen) atoms. The first-order valence-corrected chi connectivity index (χ1v) is 6.11. The fraction of sp³-hybridized carbons (Fsp3) is 0.750. The highest BCUT2D eigenvalue weighted by molar-refractivity contribution is 4.90. The summed E-state index contributed by atoms with van der Waals surface area (Å²) in [6.45, 7) is 4.52. The van der Waals surface area contributed by atoms with Gasteiger partial charge in [-0.15, -0.1) is 0 Å². The molecule has 4 nitrogen and oxygen atoms in total. The normalized spacial score (nSPS) is 20.8. The molecular formula is C12H22N4. The van der Waals surface area contributed by atoms with E-state index in [1.165, 1.54) is 32.5 Å². The van der Waals surface area contributed by atoms with E-state index in [0.29, 0.717) is 0 Å². The minimum Gasteiger partial charge on any atom is -0.337 e. The first kappa shape index (κ1) is 11.6. The van der Waals surface area contributed by atoms with Crippen molar-refractivity contribution in [3.63, 3.8) is 0 Å². The Morgan fingerprint density at radius 2 is 2.50 bits per heavy atom. The molecule has 0 aromatic carbocycles. The maximum absolute atomic E-state index is 4.34. The summed E-state index contributed by atoms with van der Waals surface area (Å²) in [5.74, 6) is 2.02. The van der Waals surface area contributed by atoms with Crippen molar-refractivity contribution < 1.29 is 0 Å². The number of hydrogen-bond donors (Lipinski definition) is 1. The third-order valence-electron chi connectivity index (χ3n) is 3.41. The lowest BCUT2D eigenvalue weighted by Gasteiger charge is -2.18. The van der Waals surface area contributed by atoms with Crippen molar-refractivity contribution >= 4 is 0 Å². The molecule has 90 valence electrons. The summed E-state index contributed by atoms with van der Waals surface area (Å²) < 4.78 is 2.09. The topological polar surface area (TPSA) is 33.1 Å². The van der Waals surface area contributed by atoms with Gasteiger partial charge in [-0.1, -0.05) is 0 Å². The molecule has 0 saturated carbocycles. The second kappa shape index (κ2) is 5.46. The molecule has 1 aromatic heterocycles. The van der Waals surface area contributed by atoms with E-state index < -0.39 is 0 Å². The van der Waals surface area contributed by atoms with Crippen LogP contribution in [0.3, 0.4) is 0 Å². The lowest BCUT2D eigenvalue weighted by molar-refractivity contribution is 0.289. The molecule has 1 N–H and O–H groups in total. The van der Waals surface area contributed by atoms with Crippen molar-refractivity contribution in [3.8, 4) is 0 Å². The smallest absolute Gasteiger partial charge is 0.122 e. The predicted octanol–water partition coefficient (Wildman–Crippen LogP) is 0.851. The molecule has 2 heterocycles. The third kappa shape index (κ3) is 3.06. The van der Waals surface area contributed by atoms with Crippen molar-refractivity contribution in [1.29, 1.82) is 0 Å². The van der Waals surface area contributed by atoms with Gasteiger partial charge in [-0.3, -0.25) is 4.90 Å². The van der Waals surface area contributed by atoms with E-state index in [9.17, 15) is 0 Å². The zero-order valence-corrected chi connectivity index (χ0v) is 10.3. The predicted molar refractivity (Wildman–Crippen MR) is 65.1 cm³/mol. The highest BCUT2D eigenvalue weighted by Crippen LogP contribution is 2.12. The summed E-state index contributed by atoms with van der Waals surface area (Å²) in [5.41, 5.74) is 0. The molecular weight excluding hydrogens is 200 g/mol. The number of aromatic nitrogens is 2. The number of aryl methyl sites for hydroxylation is 1. The Morgan fingerprint density at radius 3 is 3.12 bits per heavy atom. The van der Waals surface area contributed by atoms with E-state index in [-0.39, 0.29) is 0 Å². The third-order valence-corrected chi connectivity index (χ3v) is 3.41. The second-order valence-electron chi connectivity index (χ2n) is 4.84. The van der Waals surface area contributed by atoms with Gasteiger partial charge in [0.05, 0.1) is 6.54 Å². The molecule has 0 radical (unpaired) electrons. The van der Waals surface area contributed by atoms with Gasteiger partial charge in [-0.2, -0.15) is 0 Å². The van der Waals surface area contributed by atoms with Crippen molar-refractivity contribution in [2.24, 2.45) is 13.0 Å². The summed E-state index contributed by atoms with van der Waals surface area (Å²) in [6, 6.07) is 0. The molecule has 2 rings (SSSR count).